The molecule has 6 nitrogen and oxygen atoms in total. The predicted molar refractivity (Wildman–Crippen MR) is 26.0 cm³/mol. The van der Waals surface area contributed by atoms with Crippen LogP contribution in [0.15, 0.2) is 12.5 Å². The summed E-state index contributed by atoms with van der Waals surface area (Å²) in [5.74, 6) is 0. The monoisotopic (exact) mass is 125 g/mol. The number of hydrogen-bond donors (Lipinski definition) is 1. The van der Waals surface area contributed by atoms with E-state index < -0.39 is 0 Å². The zero-order valence-corrected chi connectivity index (χ0v) is 4.34. The largest absolute Gasteiger partial charge is 0.410 e. The van der Waals surface area contributed by atoms with E-state index in [4.69, 9.17) is 5.21 Å². The maximum Gasteiger partial charge on any atom is 0.214 e. The van der Waals surface area contributed by atoms with Gasteiger partial charge in [-0.15, -0.1) is 10.2 Å². The lowest BCUT2D eigenvalue weighted by Crippen LogP contribution is -1.89. The summed E-state index contributed by atoms with van der Waals surface area (Å²) in [6, 6.07) is 0. The third kappa shape index (κ3) is 0.411. The van der Waals surface area contributed by atoms with Crippen LogP contribution in [0.3, 0.4) is 0 Å². The fourth-order valence-electron chi connectivity index (χ4n) is 0.621. The molecule has 0 unspecified atom stereocenters. The van der Waals surface area contributed by atoms with Crippen molar-refractivity contribution in [3.8, 4) is 0 Å². The number of fused-ring (bicyclic) bond motifs is 1. The third-order valence-electron chi connectivity index (χ3n) is 1.03. The van der Waals surface area contributed by atoms with Gasteiger partial charge in [-0.3, -0.25) is 0 Å². The molecular formula is C3H3N5O. The minimum absolute atomic E-state index is 0.454. The first-order valence-electron chi connectivity index (χ1n) is 2.31. The van der Waals surface area contributed by atoms with E-state index >= 15 is 0 Å². The second kappa shape index (κ2) is 1.22. The lowest BCUT2D eigenvalue weighted by molar-refractivity contribution is 0.160. The van der Waals surface area contributed by atoms with Gasteiger partial charge in [0.25, 0.3) is 0 Å². The molecule has 0 spiro atoms. The van der Waals surface area contributed by atoms with E-state index in [2.05, 4.69) is 15.4 Å². The molecule has 0 aliphatic heterocycles. The van der Waals surface area contributed by atoms with Gasteiger partial charge in [-0.25, -0.2) is 0 Å². The highest BCUT2D eigenvalue weighted by atomic mass is 16.5. The fraction of sp³-hybridized carbons (Fsp3) is 0. The Morgan fingerprint density at radius 1 is 1.56 bits per heavy atom. The van der Waals surface area contributed by atoms with E-state index in [1.54, 1.807) is 0 Å². The number of nitrogens with zero attached hydrogens (tertiary/aromatic N) is 5. The molecule has 6 heteroatoms. The van der Waals surface area contributed by atoms with Gasteiger partial charge in [0.05, 0.1) is 6.20 Å². The molecule has 0 radical (unpaired) electrons. The van der Waals surface area contributed by atoms with Gasteiger partial charge in [-0.1, -0.05) is 10.1 Å². The smallest absolute Gasteiger partial charge is 0.214 e. The molecular weight excluding hydrogens is 122 g/mol. The van der Waals surface area contributed by atoms with Crippen molar-refractivity contribution in [1.82, 2.24) is 24.8 Å². The average Bonchev–Trinajstić information content (AvgIpc) is 2.35. The van der Waals surface area contributed by atoms with Crippen LogP contribution in [0.25, 0.3) is 5.65 Å². The molecule has 2 heterocycles. The Morgan fingerprint density at radius 2 is 2.44 bits per heavy atom. The van der Waals surface area contributed by atoms with Crippen molar-refractivity contribution in [3.63, 3.8) is 0 Å². The molecule has 0 aliphatic carbocycles. The quantitative estimate of drug-likeness (QED) is 0.466. The summed E-state index contributed by atoms with van der Waals surface area (Å²) in [6.45, 7) is 0. The SMILES string of the molecule is On1ncn2nncc12. The van der Waals surface area contributed by atoms with Crippen LogP contribution < -0.4 is 0 Å². The summed E-state index contributed by atoms with van der Waals surface area (Å²) in [6.07, 6.45) is 2.77. The summed E-state index contributed by atoms with van der Waals surface area (Å²) >= 11 is 0. The Morgan fingerprint density at radius 3 is 3.22 bits per heavy atom. The summed E-state index contributed by atoms with van der Waals surface area (Å²) in [4.78, 5) is 0.708. The highest BCUT2D eigenvalue weighted by Gasteiger charge is 1.98. The molecule has 0 aromatic carbocycles. The van der Waals surface area contributed by atoms with E-state index in [1.807, 2.05) is 0 Å². The van der Waals surface area contributed by atoms with E-state index in [-0.39, 0.29) is 0 Å². The topological polar surface area (TPSA) is 68.2 Å². The van der Waals surface area contributed by atoms with Crippen LogP contribution in [-0.4, -0.2) is 30.0 Å². The zero-order chi connectivity index (χ0) is 6.27. The molecule has 9 heavy (non-hydrogen) atoms. The van der Waals surface area contributed by atoms with Crippen molar-refractivity contribution in [2.24, 2.45) is 0 Å². The van der Waals surface area contributed by atoms with Crippen molar-refractivity contribution in [2.75, 3.05) is 0 Å². The van der Waals surface area contributed by atoms with E-state index in [9.17, 15) is 0 Å². The predicted octanol–water partition coefficient (Wildman–Crippen LogP) is -0.837. The molecule has 0 aliphatic rings. The van der Waals surface area contributed by atoms with Crippen LogP contribution in [0.1, 0.15) is 0 Å². The lowest BCUT2D eigenvalue weighted by Gasteiger charge is -1.80. The molecule has 0 bridgehead atoms. The van der Waals surface area contributed by atoms with Crippen LogP contribution in [0.5, 0.6) is 0 Å². The molecule has 2 aromatic rings. The first kappa shape index (κ1) is 4.30. The maximum atomic E-state index is 8.80. The van der Waals surface area contributed by atoms with Gasteiger partial charge in [0.2, 0.25) is 5.65 Å². The maximum absolute atomic E-state index is 8.80. The van der Waals surface area contributed by atoms with Gasteiger partial charge in [-0.05, 0) is 0 Å². The van der Waals surface area contributed by atoms with E-state index in [1.165, 1.54) is 17.0 Å². The summed E-state index contributed by atoms with van der Waals surface area (Å²) < 4.78 is 1.36. The van der Waals surface area contributed by atoms with Gasteiger partial charge in [0, 0.05) is 0 Å². The fourth-order valence-corrected chi connectivity index (χ4v) is 0.621. The molecule has 0 saturated carbocycles. The van der Waals surface area contributed by atoms with Crippen LogP contribution in [0, 0.1) is 0 Å². The molecule has 0 atom stereocenters. The molecule has 2 aromatic heterocycles. The van der Waals surface area contributed by atoms with Crippen molar-refractivity contribution in [1.29, 1.82) is 0 Å². The Hall–Kier alpha value is -1.59. The molecule has 46 valence electrons. The van der Waals surface area contributed by atoms with E-state index in [0.717, 1.165) is 0 Å². The Labute approximate surface area is 49.3 Å². The first-order valence-corrected chi connectivity index (χ1v) is 2.31. The van der Waals surface area contributed by atoms with Gasteiger partial charge >= 0.3 is 0 Å². The van der Waals surface area contributed by atoms with Crippen LogP contribution in [0.4, 0.5) is 0 Å². The summed E-state index contributed by atoms with van der Waals surface area (Å²) in [7, 11) is 0. The summed E-state index contributed by atoms with van der Waals surface area (Å²) in [5, 5.41) is 19.4. The number of hydrogen-bond acceptors (Lipinski definition) is 4. The number of aromatic nitrogens is 5. The molecule has 0 saturated heterocycles. The second-order valence-corrected chi connectivity index (χ2v) is 1.56. The third-order valence-corrected chi connectivity index (χ3v) is 1.03. The second-order valence-electron chi connectivity index (χ2n) is 1.56. The van der Waals surface area contributed by atoms with Gasteiger partial charge in [-0.2, -0.15) is 4.52 Å². The molecule has 1 N–H and O–H groups in total. The minimum Gasteiger partial charge on any atom is -0.410 e. The zero-order valence-electron chi connectivity index (χ0n) is 4.34. The normalized spacial score (nSPS) is 10.7. The summed E-state index contributed by atoms with van der Waals surface area (Å²) in [5.41, 5.74) is 0.454. The van der Waals surface area contributed by atoms with Crippen molar-refractivity contribution in [3.05, 3.63) is 12.5 Å². The average molecular weight is 125 g/mol. The molecule has 2 rings (SSSR count). The highest BCUT2D eigenvalue weighted by Crippen LogP contribution is 1.92. The van der Waals surface area contributed by atoms with Crippen LogP contribution >= 0.6 is 0 Å². The van der Waals surface area contributed by atoms with Crippen LogP contribution in [0.2, 0.25) is 0 Å². The Bertz CT molecular complexity index is 321. The van der Waals surface area contributed by atoms with Gasteiger partial charge in [0.1, 0.15) is 6.33 Å². The lowest BCUT2D eigenvalue weighted by atomic mass is 10.8. The van der Waals surface area contributed by atoms with Crippen molar-refractivity contribution < 1.29 is 5.21 Å². The molecule has 0 amide bonds. The Balaban J connectivity index is 2.99. The van der Waals surface area contributed by atoms with E-state index in [0.29, 0.717) is 10.5 Å². The number of rotatable bonds is 0. The van der Waals surface area contributed by atoms with Crippen molar-refractivity contribution in [2.45, 2.75) is 0 Å². The Kier molecular flexibility index (Phi) is 0.583. The standard InChI is InChI=1S/C3H3N5O/c9-8-3-1-4-6-7(3)2-5-8/h1-2,9H. The van der Waals surface area contributed by atoms with Gasteiger partial charge < -0.3 is 5.21 Å². The van der Waals surface area contributed by atoms with Crippen LogP contribution in [-0.2, 0) is 0 Å². The van der Waals surface area contributed by atoms with Gasteiger partial charge in [0.15, 0.2) is 0 Å². The minimum atomic E-state index is 0.454. The molecule has 0 fully saturated rings. The highest BCUT2D eigenvalue weighted by molar-refractivity contribution is 5.30. The first-order chi connectivity index (χ1) is 4.38. The van der Waals surface area contributed by atoms with Crippen molar-refractivity contribution >= 4 is 5.65 Å².